The highest BCUT2D eigenvalue weighted by atomic mass is 32.2. The maximum atomic E-state index is 5.49. The van der Waals surface area contributed by atoms with Crippen LogP contribution < -0.4 is 4.18 Å². The van der Waals surface area contributed by atoms with E-state index in [2.05, 4.69) is 50.2 Å². The summed E-state index contributed by atoms with van der Waals surface area (Å²) in [6.45, 7) is 4.19. The summed E-state index contributed by atoms with van der Waals surface area (Å²) in [6, 6.07) is 14.9. The molecule has 17 heavy (non-hydrogen) atoms. The zero-order chi connectivity index (χ0) is 12.3. The molecule has 0 aromatic heterocycles. The summed E-state index contributed by atoms with van der Waals surface area (Å²) in [5.74, 6) is 0.910. The molecule has 88 valence electrons. The van der Waals surface area contributed by atoms with E-state index in [1.165, 1.54) is 34.3 Å². The van der Waals surface area contributed by atoms with Crippen LogP contribution in [0.3, 0.4) is 0 Å². The molecule has 0 aliphatic heterocycles. The fraction of sp³-hybridized carbons (Fsp3) is 0.200. The summed E-state index contributed by atoms with van der Waals surface area (Å²) in [5, 5.41) is 0. The lowest BCUT2D eigenvalue weighted by Gasteiger charge is -2.07. The molecular formula is C15H16OS. The summed E-state index contributed by atoms with van der Waals surface area (Å²) < 4.78 is 5.49. The van der Waals surface area contributed by atoms with Gasteiger partial charge in [-0.1, -0.05) is 35.9 Å². The van der Waals surface area contributed by atoms with Crippen LogP contribution in [0.15, 0.2) is 42.5 Å². The van der Waals surface area contributed by atoms with Crippen molar-refractivity contribution in [2.45, 2.75) is 13.8 Å². The van der Waals surface area contributed by atoms with E-state index in [1.807, 2.05) is 12.3 Å². The SMILES string of the molecule is CSOc1cc(C)cc(-c2ccc(C)cc2)c1. The maximum Gasteiger partial charge on any atom is 0.138 e. The van der Waals surface area contributed by atoms with Crippen LogP contribution in [-0.4, -0.2) is 6.26 Å². The lowest BCUT2D eigenvalue weighted by Crippen LogP contribution is -1.85. The Labute approximate surface area is 107 Å². The average Bonchev–Trinajstić information content (AvgIpc) is 2.29. The quantitative estimate of drug-likeness (QED) is 0.728. The third kappa shape index (κ3) is 3.04. The largest absolute Gasteiger partial charge is 0.426 e. The molecule has 0 amide bonds. The van der Waals surface area contributed by atoms with Gasteiger partial charge in [0, 0.05) is 6.26 Å². The number of aryl methyl sites for hydroxylation is 2. The zero-order valence-electron chi connectivity index (χ0n) is 10.4. The van der Waals surface area contributed by atoms with Crippen molar-refractivity contribution in [3.63, 3.8) is 0 Å². The first-order valence-electron chi connectivity index (χ1n) is 5.58. The van der Waals surface area contributed by atoms with Crippen molar-refractivity contribution in [1.29, 1.82) is 0 Å². The molecule has 2 aromatic carbocycles. The summed E-state index contributed by atoms with van der Waals surface area (Å²) in [5.41, 5.74) is 4.92. The van der Waals surface area contributed by atoms with Gasteiger partial charge in [-0.05, 0) is 42.7 Å². The summed E-state index contributed by atoms with van der Waals surface area (Å²) in [7, 11) is 0. The molecule has 0 atom stereocenters. The molecule has 0 radical (unpaired) electrons. The van der Waals surface area contributed by atoms with Gasteiger partial charge in [-0.2, -0.15) is 0 Å². The van der Waals surface area contributed by atoms with Crippen molar-refractivity contribution < 1.29 is 4.18 Å². The van der Waals surface area contributed by atoms with Gasteiger partial charge in [0.15, 0.2) is 0 Å². The molecule has 0 saturated carbocycles. The zero-order valence-corrected chi connectivity index (χ0v) is 11.2. The van der Waals surface area contributed by atoms with Crippen LogP contribution in [0.2, 0.25) is 0 Å². The molecular weight excluding hydrogens is 228 g/mol. The molecule has 0 aliphatic carbocycles. The fourth-order valence-corrected chi connectivity index (χ4v) is 2.09. The van der Waals surface area contributed by atoms with Gasteiger partial charge in [-0.15, -0.1) is 0 Å². The molecule has 2 aromatic rings. The molecule has 1 nitrogen and oxygen atoms in total. The minimum atomic E-state index is 0.910. The van der Waals surface area contributed by atoms with E-state index in [4.69, 9.17) is 4.18 Å². The number of rotatable bonds is 3. The van der Waals surface area contributed by atoms with E-state index >= 15 is 0 Å². The lowest BCUT2D eigenvalue weighted by molar-refractivity contribution is 0.650. The highest BCUT2D eigenvalue weighted by molar-refractivity contribution is 7.94. The van der Waals surface area contributed by atoms with Gasteiger partial charge >= 0.3 is 0 Å². The third-order valence-electron chi connectivity index (χ3n) is 2.62. The molecule has 0 spiro atoms. The van der Waals surface area contributed by atoms with Crippen molar-refractivity contribution in [3.8, 4) is 16.9 Å². The molecule has 0 unspecified atom stereocenters. The monoisotopic (exact) mass is 244 g/mol. The van der Waals surface area contributed by atoms with Gasteiger partial charge < -0.3 is 4.18 Å². The molecule has 0 saturated heterocycles. The Bertz CT molecular complexity index is 503. The Hall–Kier alpha value is -1.41. The van der Waals surface area contributed by atoms with E-state index in [1.54, 1.807) is 0 Å². The first kappa shape index (κ1) is 12.1. The van der Waals surface area contributed by atoms with Crippen LogP contribution in [0.4, 0.5) is 0 Å². The van der Waals surface area contributed by atoms with Gasteiger partial charge in [0.25, 0.3) is 0 Å². The minimum Gasteiger partial charge on any atom is -0.426 e. The summed E-state index contributed by atoms with van der Waals surface area (Å²) in [4.78, 5) is 0. The highest BCUT2D eigenvalue weighted by Gasteiger charge is 2.02. The first-order chi connectivity index (χ1) is 8.19. The van der Waals surface area contributed by atoms with Crippen LogP contribution in [0.5, 0.6) is 5.75 Å². The Morgan fingerprint density at radius 2 is 1.53 bits per heavy atom. The predicted molar refractivity (Wildman–Crippen MR) is 75.5 cm³/mol. The van der Waals surface area contributed by atoms with E-state index in [0.717, 1.165) is 5.75 Å². The van der Waals surface area contributed by atoms with Gasteiger partial charge in [0.2, 0.25) is 0 Å². The number of hydrogen-bond acceptors (Lipinski definition) is 2. The second-order valence-corrected chi connectivity index (χ2v) is 4.65. The summed E-state index contributed by atoms with van der Waals surface area (Å²) >= 11 is 1.37. The molecule has 0 heterocycles. The third-order valence-corrected chi connectivity index (χ3v) is 2.97. The molecule has 2 rings (SSSR count). The Morgan fingerprint density at radius 1 is 0.824 bits per heavy atom. The normalized spacial score (nSPS) is 10.3. The topological polar surface area (TPSA) is 9.23 Å². The Balaban J connectivity index is 2.40. The first-order valence-corrected chi connectivity index (χ1v) is 6.73. The molecule has 0 fully saturated rings. The van der Waals surface area contributed by atoms with Crippen molar-refractivity contribution in [2.24, 2.45) is 0 Å². The van der Waals surface area contributed by atoms with Crippen LogP contribution in [0, 0.1) is 13.8 Å². The van der Waals surface area contributed by atoms with Gasteiger partial charge in [-0.3, -0.25) is 0 Å². The van der Waals surface area contributed by atoms with Gasteiger partial charge in [0.1, 0.15) is 5.75 Å². The van der Waals surface area contributed by atoms with Crippen LogP contribution in [0.25, 0.3) is 11.1 Å². The van der Waals surface area contributed by atoms with Crippen molar-refractivity contribution in [3.05, 3.63) is 53.6 Å². The van der Waals surface area contributed by atoms with E-state index in [9.17, 15) is 0 Å². The Kier molecular flexibility index (Phi) is 3.75. The van der Waals surface area contributed by atoms with E-state index in [0.29, 0.717) is 0 Å². The average molecular weight is 244 g/mol. The standard InChI is InChI=1S/C15H16OS/c1-11-4-6-13(7-5-11)14-8-12(2)9-15(10-14)16-17-3/h4-10H,1-3H3. The van der Waals surface area contributed by atoms with Crippen molar-refractivity contribution in [1.82, 2.24) is 0 Å². The smallest absolute Gasteiger partial charge is 0.138 e. The Morgan fingerprint density at radius 3 is 2.18 bits per heavy atom. The second-order valence-electron chi connectivity index (χ2n) is 4.15. The predicted octanol–water partition coefficient (Wildman–Crippen LogP) is 4.63. The number of hydrogen-bond donors (Lipinski definition) is 0. The minimum absolute atomic E-state index is 0.910. The van der Waals surface area contributed by atoms with Gasteiger partial charge in [-0.25, -0.2) is 0 Å². The highest BCUT2D eigenvalue weighted by Crippen LogP contribution is 2.27. The molecule has 2 heteroatoms. The van der Waals surface area contributed by atoms with Crippen LogP contribution in [-0.2, 0) is 0 Å². The van der Waals surface area contributed by atoms with Gasteiger partial charge in [0.05, 0.1) is 12.0 Å². The number of benzene rings is 2. The van der Waals surface area contributed by atoms with E-state index in [-0.39, 0.29) is 0 Å². The fourth-order valence-electron chi connectivity index (χ4n) is 1.80. The van der Waals surface area contributed by atoms with E-state index < -0.39 is 0 Å². The summed E-state index contributed by atoms with van der Waals surface area (Å²) in [6.07, 6.45) is 1.92. The maximum absolute atomic E-state index is 5.49. The van der Waals surface area contributed by atoms with Crippen LogP contribution in [0.1, 0.15) is 11.1 Å². The lowest BCUT2D eigenvalue weighted by atomic mass is 10.0. The van der Waals surface area contributed by atoms with Crippen molar-refractivity contribution >= 4 is 12.0 Å². The molecule has 0 bridgehead atoms. The van der Waals surface area contributed by atoms with Crippen molar-refractivity contribution in [2.75, 3.05) is 6.26 Å². The molecule has 0 aliphatic rings. The second kappa shape index (κ2) is 5.28. The van der Waals surface area contributed by atoms with Crippen LogP contribution >= 0.6 is 12.0 Å². The molecule has 0 N–H and O–H groups in total.